The van der Waals surface area contributed by atoms with E-state index in [1.807, 2.05) is 0 Å². The molecule has 1 aliphatic rings. The quantitative estimate of drug-likeness (QED) is 0.227. The zero-order valence-electron chi connectivity index (χ0n) is 5.46. The summed E-state index contributed by atoms with van der Waals surface area (Å²) in [4.78, 5) is 10.5. The Morgan fingerprint density at radius 2 is 2.11 bits per heavy atom. The Balaban J connectivity index is 0.000000640. The molecule has 0 heterocycles. The van der Waals surface area contributed by atoms with E-state index in [-0.39, 0.29) is 41.3 Å². The summed E-state index contributed by atoms with van der Waals surface area (Å²) in [5, 5.41) is 9.67. The molecule has 2 nitrogen and oxygen atoms in total. The van der Waals surface area contributed by atoms with Gasteiger partial charge in [-0.15, -0.1) is 6.26 Å². The summed E-state index contributed by atoms with van der Waals surface area (Å²) in [5.74, 6) is 0.195. The fourth-order valence-electron chi connectivity index (χ4n) is 0.571. The maximum Gasteiger partial charge on any atom is 1.00 e. The zero-order valence-corrected chi connectivity index (χ0v) is 7.46. The maximum absolute atomic E-state index is 10.5. The molecular weight excluding hydrogens is 127 g/mol. The van der Waals surface area contributed by atoms with Gasteiger partial charge in [-0.1, -0.05) is 0 Å². The fourth-order valence-corrected chi connectivity index (χ4v) is 0.571. The summed E-state index contributed by atoms with van der Waals surface area (Å²) in [6, 6.07) is 0. The van der Waals surface area contributed by atoms with E-state index in [1.54, 1.807) is 0 Å². The number of carbonyl (C=O) groups is 1. The summed E-state index contributed by atoms with van der Waals surface area (Å²) in [7, 11) is 0. The summed E-state index contributed by atoms with van der Waals surface area (Å²) in [6.45, 7) is 0. The second-order valence-corrected chi connectivity index (χ2v) is 1.98. The van der Waals surface area contributed by atoms with Crippen LogP contribution in [-0.2, 0) is 4.79 Å². The molecule has 0 radical (unpaired) electrons. The Labute approximate surface area is 76.2 Å². The van der Waals surface area contributed by atoms with Crippen LogP contribution >= 0.6 is 0 Å². The van der Waals surface area contributed by atoms with Gasteiger partial charge in [0.15, 0.2) is 5.78 Å². The third-order valence-corrected chi connectivity index (χ3v) is 1.21. The standard InChI is InChI=1S/C6H8O2.Na/c7-4-3-6(8)5-1-2-5;/h3-5,7H,1-2H2;/q;+1/p-1. The van der Waals surface area contributed by atoms with Gasteiger partial charge < -0.3 is 5.11 Å². The van der Waals surface area contributed by atoms with E-state index in [1.165, 1.54) is 0 Å². The van der Waals surface area contributed by atoms with Crippen LogP contribution in [0.5, 0.6) is 0 Å². The maximum atomic E-state index is 10.5. The van der Waals surface area contributed by atoms with Crippen molar-refractivity contribution >= 4 is 5.78 Å². The van der Waals surface area contributed by atoms with Gasteiger partial charge in [0.1, 0.15) is 0 Å². The molecule has 44 valence electrons. The van der Waals surface area contributed by atoms with Crippen molar-refractivity contribution in [2.45, 2.75) is 12.8 Å². The van der Waals surface area contributed by atoms with Crippen LogP contribution in [0.15, 0.2) is 12.3 Å². The van der Waals surface area contributed by atoms with Gasteiger partial charge in [0.25, 0.3) is 0 Å². The third kappa shape index (κ3) is 3.04. The zero-order chi connectivity index (χ0) is 5.98. The summed E-state index contributed by atoms with van der Waals surface area (Å²) in [6.07, 6.45) is 3.62. The van der Waals surface area contributed by atoms with Crippen LogP contribution in [0.3, 0.4) is 0 Å². The first-order valence-corrected chi connectivity index (χ1v) is 2.67. The Kier molecular flexibility index (Phi) is 4.19. The molecule has 1 saturated carbocycles. The normalized spacial score (nSPS) is 17.3. The van der Waals surface area contributed by atoms with Crippen LogP contribution in [-0.4, -0.2) is 5.78 Å². The third-order valence-electron chi connectivity index (χ3n) is 1.21. The van der Waals surface area contributed by atoms with E-state index in [0.29, 0.717) is 6.26 Å². The van der Waals surface area contributed by atoms with E-state index >= 15 is 0 Å². The van der Waals surface area contributed by atoms with Crippen LogP contribution in [0.4, 0.5) is 0 Å². The van der Waals surface area contributed by atoms with Gasteiger partial charge in [0, 0.05) is 5.92 Å². The number of hydrogen-bond acceptors (Lipinski definition) is 2. The predicted molar refractivity (Wildman–Crippen MR) is 26.9 cm³/mol. The van der Waals surface area contributed by atoms with Gasteiger partial charge in [-0.05, 0) is 18.9 Å². The molecule has 9 heavy (non-hydrogen) atoms. The molecule has 0 amide bonds. The molecule has 0 spiro atoms. The molecule has 1 fully saturated rings. The van der Waals surface area contributed by atoms with Crippen molar-refractivity contribution in [3.63, 3.8) is 0 Å². The summed E-state index contributed by atoms with van der Waals surface area (Å²) >= 11 is 0. The molecule has 0 N–H and O–H groups in total. The molecule has 0 aliphatic heterocycles. The largest absolute Gasteiger partial charge is 1.00 e. The topological polar surface area (TPSA) is 40.1 Å². The summed E-state index contributed by atoms with van der Waals surface area (Å²) < 4.78 is 0. The van der Waals surface area contributed by atoms with E-state index in [0.717, 1.165) is 18.9 Å². The Hall–Kier alpha value is 0.210. The number of allylic oxidation sites excluding steroid dienone is 1. The second-order valence-electron chi connectivity index (χ2n) is 1.98. The van der Waals surface area contributed by atoms with Gasteiger partial charge in [-0.3, -0.25) is 4.79 Å². The number of ketones is 1. The SMILES string of the molecule is O=C(C=C[O-])C1CC1.[Na+]. The molecular formula is C6H7NaO2. The van der Waals surface area contributed by atoms with Gasteiger partial charge in [-0.25, -0.2) is 0 Å². The molecule has 1 aliphatic carbocycles. The minimum atomic E-state index is 0. The average Bonchev–Trinajstić information content (AvgIpc) is 2.45. The average molecular weight is 134 g/mol. The molecule has 0 unspecified atom stereocenters. The van der Waals surface area contributed by atoms with Crippen molar-refractivity contribution < 1.29 is 39.5 Å². The van der Waals surface area contributed by atoms with Gasteiger partial charge in [0.2, 0.25) is 0 Å². The predicted octanol–water partition coefficient (Wildman–Crippen LogP) is -3.16. The first kappa shape index (κ1) is 9.21. The van der Waals surface area contributed by atoms with Gasteiger partial charge >= 0.3 is 29.6 Å². The van der Waals surface area contributed by atoms with Crippen LogP contribution < -0.4 is 34.7 Å². The Morgan fingerprint density at radius 3 is 2.44 bits per heavy atom. The van der Waals surface area contributed by atoms with E-state index in [4.69, 9.17) is 0 Å². The number of hydrogen-bond donors (Lipinski definition) is 0. The van der Waals surface area contributed by atoms with E-state index < -0.39 is 0 Å². The van der Waals surface area contributed by atoms with Crippen LogP contribution in [0.25, 0.3) is 0 Å². The molecule has 0 bridgehead atoms. The summed E-state index contributed by atoms with van der Waals surface area (Å²) in [5.41, 5.74) is 0. The first-order chi connectivity index (χ1) is 3.84. The van der Waals surface area contributed by atoms with Crippen molar-refractivity contribution in [1.29, 1.82) is 0 Å². The van der Waals surface area contributed by atoms with Crippen molar-refractivity contribution in [2.75, 3.05) is 0 Å². The number of carbonyl (C=O) groups excluding carboxylic acids is 1. The van der Waals surface area contributed by atoms with Gasteiger partial charge in [-0.2, -0.15) is 0 Å². The fraction of sp³-hybridized carbons (Fsp3) is 0.500. The van der Waals surface area contributed by atoms with Crippen LogP contribution in [0.2, 0.25) is 0 Å². The van der Waals surface area contributed by atoms with E-state index in [2.05, 4.69) is 0 Å². The van der Waals surface area contributed by atoms with Gasteiger partial charge in [0.05, 0.1) is 0 Å². The minimum Gasteiger partial charge on any atom is -0.878 e. The second kappa shape index (κ2) is 4.09. The molecule has 0 aromatic rings. The number of rotatable bonds is 2. The van der Waals surface area contributed by atoms with Crippen molar-refractivity contribution in [2.24, 2.45) is 5.92 Å². The van der Waals surface area contributed by atoms with Crippen molar-refractivity contribution in [1.82, 2.24) is 0 Å². The Morgan fingerprint density at radius 1 is 1.56 bits per heavy atom. The van der Waals surface area contributed by atoms with Crippen molar-refractivity contribution in [3.05, 3.63) is 12.3 Å². The molecule has 0 aromatic carbocycles. The smallest absolute Gasteiger partial charge is 0.878 e. The molecule has 1 rings (SSSR count). The molecule has 3 heteroatoms. The van der Waals surface area contributed by atoms with Crippen LogP contribution in [0, 0.1) is 5.92 Å². The molecule has 0 aromatic heterocycles. The Bertz CT molecular complexity index is 127. The monoisotopic (exact) mass is 134 g/mol. The molecule has 0 atom stereocenters. The minimum absolute atomic E-state index is 0. The van der Waals surface area contributed by atoms with Crippen molar-refractivity contribution in [3.8, 4) is 0 Å². The van der Waals surface area contributed by atoms with Crippen LogP contribution in [0.1, 0.15) is 12.8 Å². The first-order valence-electron chi connectivity index (χ1n) is 2.67. The van der Waals surface area contributed by atoms with E-state index in [9.17, 15) is 9.90 Å². The molecule has 0 saturated heterocycles.